The molecule has 0 fully saturated rings. The van der Waals surface area contributed by atoms with Crippen molar-refractivity contribution in [3.05, 3.63) is 29.6 Å². The standard InChI is InChI=1S/C7H7NOS/c9-10-4-6-2-1-3-8-7(6)5-10/h1-3H,4-5H2. The molecule has 0 N–H and O–H groups in total. The molecule has 3 heteroatoms. The van der Waals surface area contributed by atoms with Gasteiger partial charge in [0.05, 0.1) is 5.69 Å². The minimum Gasteiger partial charge on any atom is -0.616 e. The minimum absolute atomic E-state index is 0.649. The Labute approximate surface area is 62.5 Å². The Morgan fingerprint density at radius 1 is 1.50 bits per heavy atom. The fourth-order valence-corrected chi connectivity index (χ4v) is 2.39. The lowest BCUT2D eigenvalue weighted by atomic mass is 10.2. The van der Waals surface area contributed by atoms with Crippen LogP contribution in [0.4, 0.5) is 0 Å². The molecular formula is C7H7NOS. The third-order valence-corrected chi connectivity index (χ3v) is 2.83. The van der Waals surface area contributed by atoms with Crippen LogP contribution in [0.3, 0.4) is 0 Å². The molecule has 0 radical (unpaired) electrons. The van der Waals surface area contributed by atoms with E-state index in [0.717, 1.165) is 11.3 Å². The Hall–Kier alpha value is -0.540. The summed E-state index contributed by atoms with van der Waals surface area (Å²) in [6, 6.07) is 3.88. The van der Waals surface area contributed by atoms with Crippen molar-refractivity contribution in [1.82, 2.24) is 4.98 Å². The van der Waals surface area contributed by atoms with Crippen LogP contribution < -0.4 is 0 Å². The highest BCUT2D eigenvalue weighted by Gasteiger charge is 2.22. The first-order valence-corrected chi connectivity index (χ1v) is 4.63. The van der Waals surface area contributed by atoms with Gasteiger partial charge in [-0.3, -0.25) is 4.98 Å². The molecular weight excluding hydrogens is 146 g/mol. The van der Waals surface area contributed by atoms with Crippen LogP contribution in [0, 0.1) is 0 Å². The fraction of sp³-hybridized carbons (Fsp3) is 0.286. The fourth-order valence-electron chi connectivity index (χ4n) is 1.11. The van der Waals surface area contributed by atoms with Gasteiger partial charge in [-0.25, -0.2) is 0 Å². The maximum atomic E-state index is 11.0. The molecule has 0 amide bonds. The summed E-state index contributed by atoms with van der Waals surface area (Å²) in [5.74, 6) is 1.35. The smallest absolute Gasteiger partial charge is 0.148 e. The first-order valence-electron chi connectivity index (χ1n) is 3.14. The number of aromatic nitrogens is 1. The van der Waals surface area contributed by atoms with Crippen molar-refractivity contribution >= 4 is 11.2 Å². The van der Waals surface area contributed by atoms with E-state index in [1.165, 1.54) is 0 Å². The van der Waals surface area contributed by atoms with Crippen LogP contribution in [0.25, 0.3) is 0 Å². The molecule has 1 aromatic heterocycles. The van der Waals surface area contributed by atoms with Gasteiger partial charge in [0.15, 0.2) is 0 Å². The highest BCUT2D eigenvalue weighted by atomic mass is 32.2. The summed E-state index contributed by atoms with van der Waals surface area (Å²) in [7, 11) is 0. The molecule has 0 aliphatic carbocycles. The minimum atomic E-state index is -0.682. The quantitative estimate of drug-likeness (QED) is 0.518. The van der Waals surface area contributed by atoms with E-state index in [0.29, 0.717) is 11.5 Å². The zero-order valence-corrected chi connectivity index (χ0v) is 6.23. The third kappa shape index (κ3) is 0.914. The van der Waals surface area contributed by atoms with Gasteiger partial charge in [-0.05, 0) is 17.2 Å². The maximum absolute atomic E-state index is 11.0. The molecule has 2 heterocycles. The van der Waals surface area contributed by atoms with Crippen molar-refractivity contribution in [2.45, 2.75) is 11.5 Å². The van der Waals surface area contributed by atoms with Crippen molar-refractivity contribution < 1.29 is 4.55 Å². The van der Waals surface area contributed by atoms with E-state index < -0.39 is 11.2 Å². The molecule has 0 spiro atoms. The van der Waals surface area contributed by atoms with E-state index in [1.54, 1.807) is 6.20 Å². The van der Waals surface area contributed by atoms with E-state index >= 15 is 0 Å². The lowest BCUT2D eigenvalue weighted by molar-refractivity contribution is 0.596. The molecule has 0 aromatic carbocycles. The van der Waals surface area contributed by atoms with Crippen molar-refractivity contribution in [2.24, 2.45) is 0 Å². The van der Waals surface area contributed by atoms with Crippen LogP contribution in [0.5, 0.6) is 0 Å². The normalized spacial score (nSPS) is 22.7. The summed E-state index contributed by atoms with van der Waals surface area (Å²) in [6.45, 7) is 0. The van der Waals surface area contributed by atoms with Crippen molar-refractivity contribution in [3.8, 4) is 0 Å². The molecule has 2 nitrogen and oxygen atoms in total. The molecule has 1 aliphatic rings. The number of fused-ring (bicyclic) bond motifs is 1. The molecule has 0 bridgehead atoms. The topological polar surface area (TPSA) is 36.0 Å². The molecule has 2 rings (SSSR count). The zero-order valence-electron chi connectivity index (χ0n) is 5.41. The van der Waals surface area contributed by atoms with E-state index in [9.17, 15) is 4.55 Å². The summed E-state index contributed by atoms with van der Waals surface area (Å²) in [5, 5.41) is 0. The van der Waals surface area contributed by atoms with Crippen molar-refractivity contribution in [2.75, 3.05) is 0 Å². The average molecular weight is 153 g/mol. The van der Waals surface area contributed by atoms with Crippen LogP contribution in [0.15, 0.2) is 18.3 Å². The predicted octanol–water partition coefficient (Wildman–Crippen LogP) is 0.844. The molecule has 1 unspecified atom stereocenters. The zero-order chi connectivity index (χ0) is 6.97. The lowest BCUT2D eigenvalue weighted by Crippen LogP contribution is -1.95. The largest absolute Gasteiger partial charge is 0.616 e. The SMILES string of the molecule is [O-][S+]1Cc2cccnc2C1. The Morgan fingerprint density at radius 2 is 2.40 bits per heavy atom. The second-order valence-electron chi connectivity index (χ2n) is 2.34. The van der Waals surface area contributed by atoms with Gasteiger partial charge in [-0.2, -0.15) is 0 Å². The van der Waals surface area contributed by atoms with Crippen LogP contribution in [0.1, 0.15) is 11.3 Å². The Kier molecular flexibility index (Phi) is 1.39. The number of rotatable bonds is 0. The number of hydrogen-bond acceptors (Lipinski definition) is 2. The Balaban J connectivity index is 2.42. The van der Waals surface area contributed by atoms with E-state index in [1.807, 2.05) is 12.1 Å². The molecule has 1 aromatic rings. The van der Waals surface area contributed by atoms with Gasteiger partial charge in [-0.15, -0.1) is 0 Å². The van der Waals surface area contributed by atoms with Crippen LogP contribution in [-0.4, -0.2) is 9.54 Å². The van der Waals surface area contributed by atoms with Crippen LogP contribution >= 0.6 is 0 Å². The summed E-state index contributed by atoms with van der Waals surface area (Å²) < 4.78 is 11.0. The van der Waals surface area contributed by atoms with Crippen molar-refractivity contribution in [1.29, 1.82) is 0 Å². The van der Waals surface area contributed by atoms with Gasteiger partial charge in [0.1, 0.15) is 11.5 Å². The maximum Gasteiger partial charge on any atom is 0.148 e. The first kappa shape index (κ1) is 6.19. The van der Waals surface area contributed by atoms with Crippen LogP contribution in [0.2, 0.25) is 0 Å². The van der Waals surface area contributed by atoms with E-state index in [4.69, 9.17) is 0 Å². The van der Waals surface area contributed by atoms with E-state index in [-0.39, 0.29) is 0 Å². The van der Waals surface area contributed by atoms with Gasteiger partial charge in [0.2, 0.25) is 0 Å². The number of hydrogen-bond donors (Lipinski definition) is 0. The van der Waals surface area contributed by atoms with Gasteiger partial charge in [-0.1, -0.05) is 6.07 Å². The Morgan fingerprint density at radius 3 is 3.20 bits per heavy atom. The second kappa shape index (κ2) is 2.25. The highest BCUT2D eigenvalue weighted by molar-refractivity contribution is 7.90. The summed E-state index contributed by atoms with van der Waals surface area (Å²) in [4.78, 5) is 4.12. The van der Waals surface area contributed by atoms with Crippen LogP contribution in [-0.2, 0) is 22.7 Å². The summed E-state index contributed by atoms with van der Waals surface area (Å²) in [5.41, 5.74) is 2.17. The Bertz CT molecular complexity index is 226. The first-order chi connectivity index (χ1) is 4.86. The summed E-state index contributed by atoms with van der Waals surface area (Å²) in [6.07, 6.45) is 1.75. The third-order valence-electron chi connectivity index (χ3n) is 1.60. The van der Waals surface area contributed by atoms with Gasteiger partial charge in [0, 0.05) is 11.8 Å². The average Bonchev–Trinajstić information content (AvgIpc) is 2.27. The van der Waals surface area contributed by atoms with E-state index in [2.05, 4.69) is 4.98 Å². The molecule has 10 heavy (non-hydrogen) atoms. The van der Waals surface area contributed by atoms with Gasteiger partial charge in [0.25, 0.3) is 0 Å². The monoisotopic (exact) mass is 153 g/mol. The lowest BCUT2D eigenvalue weighted by Gasteiger charge is -1.96. The molecule has 0 saturated heterocycles. The van der Waals surface area contributed by atoms with Gasteiger partial charge >= 0.3 is 0 Å². The molecule has 52 valence electrons. The molecule has 0 saturated carbocycles. The predicted molar refractivity (Wildman–Crippen MR) is 39.8 cm³/mol. The molecule has 1 aliphatic heterocycles. The van der Waals surface area contributed by atoms with Crippen molar-refractivity contribution in [3.63, 3.8) is 0 Å². The molecule has 1 atom stereocenters. The highest BCUT2D eigenvalue weighted by Crippen LogP contribution is 2.21. The summed E-state index contributed by atoms with van der Waals surface area (Å²) >= 11 is -0.682. The van der Waals surface area contributed by atoms with Gasteiger partial charge < -0.3 is 4.55 Å². The number of pyridine rings is 1. The number of nitrogens with zero attached hydrogens (tertiary/aromatic N) is 1. The second-order valence-corrected chi connectivity index (χ2v) is 3.79.